The van der Waals surface area contributed by atoms with Gasteiger partial charge in [-0.2, -0.15) is 9.41 Å². The first-order valence-electron chi connectivity index (χ1n) is 10.4. The number of carbonyl (C=O) groups excluding carboxylic acids is 1. The summed E-state index contributed by atoms with van der Waals surface area (Å²) in [6.45, 7) is 3.51. The Morgan fingerprint density at radius 3 is 2.17 bits per heavy atom. The fraction of sp³-hybridized carbons (Fsp3) is 0.120. The lowest BCUT2D eigenvalue weighted by Gasteiger charge is -2.21. The molecular weight excluding hydrogens is 509 g/mol. The molecule has 3 rings (SSSR count). The zero-order valence-electron chi connectivity index (χ0n) is 18.6. The number of nitrogens with zero attached hydrogens (tertiary/aromatic N) is 2. The predicted molar refractivity (Wildman–Crippen MR) is 138 cm³/mol. The van der Waals surface area contributed by atoms with E-state index in [1.165, 1.54) is 30.5 Å². The average molecular weight is 532 g/mol. The lowest BCUT2D eigenvalue weighted by Crippen LogP contribution is -2.39. The van der Waals surface area contributed by atoms with Gasteiger partial charge in [0.25, 0.3) is 5.91 Å². The molecule has 0 saturated heterocycles. The van der Waals surface area contributed by atoms with Crippen molar-refractivity contribution in [2.45, 2.75) is 11.4 Å². The van der Waals surface area contributed by atoms with E-state index in [1.807, 2.05) is 0 Å². The quantitative estimate of drug-likeness (QED) is 0.216. The summed E-state index contributed by atoms with van der Waals surface area (Å²) < 4.78 is 33.0. The van der Waals surface area contributed by atoms with E-state index >= 15 is 0 Å². The van der Waals surface area contributed by atoms with Crippen LogP contribution in [0, 0.1) is 0 Å². The van der Waals surface area contributed by atoms with Crippen LogP contribution in [0.4, 0.5) is 0 Å². The predicted octanol–water partition coefficient (Wildman–Crippen LogP) is 4.90. The first-order valence-corrected chi connectivity index (χ1v) is 12.6. The zero-order valence-corrected chi connectivity index (χ0v) is 20.9. The molecule has 35 heavy (non-hydrogen) atoms. The maximum absolute atomic E-state index is 13.3. The number of nitrogens with one attached hydrogen (secondary N) is 1. The Bertz CT molecular complexity index is 1280. The number of sulfonamides is 1. The highest BCUT2D eigenvalue weighted by atomic mass is 35.5. The van der Waals surface area contributed by atoms with Crippen LogP contribution in [0.3, 0.4) is 0 Å². The van der Waals surface area contributed by atoms with Crippen LogP contribution in [0.5, 0.6) is 5.75 Å². The maximum atomic E-state index is 13.3. The summed E-state index contributed by atoms with van der Waals surface area (Å²) in [6.07, 6.45) is 3.10. The minimum Gasteiger partial charge on any atom is -0.490 e. The van der Waals surface area contributed by atoms with E-state index < -0.39 is 22.5 Å². The normalized spacial score (nSPS) is 11.5. The van der Waals surface area contributed by atoms with Gasteiger partial charge in [-0.3, -0.25) is 4.79 Å². The molecule has 0 aliphatic carbocycles. The van der Waals surface area contributed by atoms with Crippen LogP contribution in [0.15, 0.2) is 95.4 Å². The van der Waals surface area contributed by atoms with Crippen LogP contribution in [0.25, 0.3) is 0 Å². The molecule has 0 atom stereocenters. The summed E-state index contributed by atoms with van der Waals surface area (Å²) in [4.78, 5) is 12.6. The van der Waals surface area contributed by atoms with E-state index in [-0.39, 0.29) is 11.4 Å². The van der Waals surface area contributed by atoms with Crippen molar-refractivity contribution >= 4 is 45.3 Å². The number of ether oxygens (including phenoxy) is 1. The van der Waals surface area contributed by atoms with E-state index in [4.69, 9.17) is 27.9 Å². The van der Waals surface area contributed by atoms with Crippen LogP contribution >= 0.6 is 23.2 Å². The second kappa shape index (κ2) is 12.5. The summed E-state index contributed by atoms with van der Waals surface area (Å²) in [5.74, 6) is 0.0787. The van der Waals surface area contributed by atoms with E-state index in [9.17, 15) is 13.2 Å². The average Bonchev–Trinajstić information content (AvgIpc) is 2.84. The van der Waals surface area contributed by atoms with Crippen molar-refractivity contribution in [1.82, 2.24) is 9.73 Å². The number of hydrogen-bond acceptors (Lipinski definition) is 5. The largest absolute Gasteiger partial charge is 0.490 e. The van der Waals surface area contributed by atoms with Crippen molar-refractivity contribution in [3.8, 4) is 5.75 Å². The molecule has 0 aliphatic rings. The van der Waals surface area contributed by atoms with Crippen LogP contribution in [-0.2, 0) is 21.4 Å². The van der Waals surface area contributed by atoms with Gasteiger partial charge in [0.15, 0.2) is 0 Å². The van der Waals surface area contributed by atoms with Gasteiger partial charge in [0, 0.05) is 16.6 Å². The molecule has 0 aromatic heterocycles. The Hall–Kier alpha value is -3.17. The summed E-state index contributed by atoms with van der Waals surface area (Å²) in [6, 6.07) is 19.5. The monoisotopic (exact) mass is 531 g/mol. The number of hydrogen-bond donors (Lipinski definition) is 1. The van der Waals surface area contributed by atoms with Gasteiger partial charge in [0.05, 0.1) is 17.7 Å². The minimum atomic E-state index is -4.00. The van der Waals surface area contributed by atoms with Crippen LogP contribution in [-0.4, -0.2) is 38.0 Å². The molecule has 1 N–H and O–H groups in total. The molecule has 0 heterocycles. The first kappa shape index (κ1) is 26.4. The molecule has 1 amide bonds. The molecule has 3 aromatic carbocycles. The Labute approximate surface area is 214 Å². The van der Waals surface area contributed by atoms with Gasteiger partial charge in [-0.25, -0.2) is 13.8 Å². The third-order valence-corrected chi connectivity index (χ3v) is 7.00. The molecule has 10 heteroatoms. The van der Waals surface area contributed by atoms with Crippen LogP contribution in [0.1, 0.15) is 11.1 Å². The molecular formula is C25H23Cl2N3O4S. The smallest absolute Gasteiger partial charge is 0.255 e. The van der Waals surface area contributed by atoms with E-state index in [0.29, 0.717) is 28.0 Å². The zero-order chi connectivity index (χ0) is 25.3. The van der Waals surface area contributed by atoms with Crippen molar-refractivity contribution in [1.29, 1.82) is 0 Å². The number of amides is 1. The van der Waals surface area contributed by atoms with Crippen LogP contribution < -0.4 is 10.2 Å². The van der Waals surface area contributed by atoms with Crippen LogP contribution in [0.2, 0.25) is 10.0 Å². The molecule has 7 nitrogen and oxygen atoms in total. The number of benzene rings is 3. The van der Waals surface area contributed by atoms with E-state index in [2.05, 4.69) is 17.1 Å². The Kier molecular flexibility index (Phi) is 9.45. The standard InChI is InChI=1S/C25H23Cl2N3O4S/c1-2-15-34-23-11-5-19(6-12-23)16-28-29-25(31)18-30(17-20-3-7-21(26)8-4-20)35(32,33)24-13-9-22(27)10-14-24/h2-14,16H,1,15,17-18H2,(H,29,31)/b28-16-. The lowest BCUT2D eigenvalue weighted by atomic mass is 10.2. The fourth-order valence-electron chi connectivity index (χ4n) is 2.95. The van der Waals surface area contributed by atoms with E-state index in [1.54, 1.807) is 54.6 Å². The minimum absolute atomic E-state index is 0.0194. The molecule has 0 spiro atoms. The number of rotatable bonds is 11. The molecule has 0 aliphatic heterocycles. The summed E-state index contributed by atoms with van der Waals surface area (Å²) in [5, 5.41) is 4.86. The highest BCUT2D eigenvalue weighted by molar-refractivity contribution is 7.89. The molecule has 0 fully saturated rings. The number of carbonyl (C=O) groups is 1. The number of halogens is 2. The van der Waals surface area contributed by atoms with Gasteiger partial charge in [-0.15, -0.1) is 0 Å². The van der Waals surface area contributed by atoms with Gasteiger partial charge >= 0.3 is 0 Å². The van der Waals surface area contributed by atoms with Gasteiger partial charge in [-0.1, -0.05) is 48.0 Å². The molecule has 3 aromatic rings. The lowest BCUT2D eigenvalue weighted by molar-refractivity contribution is -0.121. The van der Waals surface area contributed by atoms with Gasteiger partial charge in [0.1, 0.15) is 12.4 Å². The summed E-state index contributed by atoms with van der Waals surface area (Å²) >= 11 is 11.8. The SMILES string of the molecule is C=CCOc1ccc(/C=N\NC(=O)CN(Cc2ccc(Cl)cc2)S(=O)(=O)c2ccc(Cl)cc2)cc1. The highest BCUT2D eigenvalue weighted by Crippen LogP contribution is 2.21. The molecule has 0 bridgehead atoms. The maximum Gasteiger partial charge on any atom is 0.255 e. The molecule has 0 radical (unpaired) electrons. The molecule has 0 saturated carbocycles. The topological polar surface area (TPSA) is 88.1 Å². The third-order valence-electron chi connectivity index (χ3n) is 4.69. The Balaban J connectivity index is 1.71. The van der Waals surface area contributed by atoms with Crippen molar-refractivity contribution in [3.63, 3.8) is 0 Å². The third kappa shape index (κ3) is 7.93. The molecule has 182 valence electrons. The fourth-order valence-corrected chi connectivity index (χ4v) is 4.59. The van der Waals surface area contributed by atoms with E-state index in [0.717, 1.165) is 9.87 Å². The van der Waals surface area contributed by atoms with Crippen molar-refractivity contribution in [2.75, 3.05) is 13.2 Å². The Morgan fingerprint density at radius 2 is 1.57 bits per heavy atom. The first-order chi connectivity index (χ1) is 16.8. The highest BCUT2D eigenvalue weighted by Gasteiger charge is 2.27. The summed E-state index contributed by atoms with van der Waals surface area (Å²) in [5.41, 5.74) is 3.77. The Morgan fingerprint density at radius 1 is 0.971 bits per heavy atom. The second-order valence-corrected chi connectivity index (χ2v) is 10.1. The van der Waals surface area contributed by atoms with Crippen molar-refractivity contribution < 1.29 is 17.9 Å². The second-order valence-electron chi connectivity index (χ2n) is 7.32. The van der Waals surface area contributed by atoms with Gasteiger partial charge in [-0.05, 0) is 71.8 Å². The van der Waals surface area contributed by atoms with Crippen molar-refractivity contribution in [3.05, 3.63) is 107 Å². The number of hydrazone groups is 1. The summed E-state index contributed by atoms with van der Waals surface area (Å²) in [7, 11) is -4.00. The van der Waals surface area contributed by atoms with Gasteiger partial charge in [0.2, 0.25) is 10.0 Å². The molecule has 0 unspecified atom stereocenters. The van der Waals surface area contributed by atoms with Crippen molar-refractivity contribution in [2.24, 2.45) is 5.10 Å². The van der Waals surface area contributed by atoms with Gasteiger partial charge < -0.3 is 4.74 Å².